The quantitative estimate of drug-likeness (QED) is 0.522. The summed E-state index contributed by atoms with van der Waals surface area (Å²) in [5, 5.41) is 10.4. The number of nitrogens with one attached hydrogen (secondary N) is 1. The highest BCUT2D eigenvalue weighted by atomic mass is 32.2. The molecule has 0 bridgehead atoms. The minimum Gasteiger partial charge on any atom is -0.352 e. The molecule has 0 saturated carbocycles. The summed E-state index contributed by atoms with van der Waals surface area (Å²) in [5.74, 6) is 0.0784. The van der Waals surface area contributed by atoms with Gasteiger partial charge >= 0.3 is 0 Å². The number of thiophene rings is 1. The molecule has 1 aliphatic heterocycles. The van der Waals surface area contributed by atoms with Gasteiger partial charge in [-0.05, 0) is 63.0 Å². The molecule has 1 N–H and O–H groups in total. The first-order chi connectivity index (χ1) is 15.9. The molecule has 3 aromatic rings. The molecular formula is C24H28N4O3S2. The molecule has 1 aliphatic carbocycles. The van der Waals surface area contributed by atoms with E-state index < -0.39 is 9.84 Å². The van der Waals surface area contributed by atoms with Gasteiger partial charge in [0.15, 0.2) is 15.5 Å². The molecule has 174 valence electrons. The normalized spacial score (nSPS) is 20.2. The smallest absolute Gasteiger partial charge is 0.252 e. The van der Waals surface area contributed by atoms with Crippen LogP contribution in [0.3, 0.4) is 0 Å². The van der Waals surface area contributed by atoms with Crippen LogP contribution in [0.5, 0.6) is 0 Å². The second kappa shape index (κ2) is 9.02. The van der Waals surface area contributed by atoms with E-state index in [9.17, 15) is 13.2 Å². The summed E-state index contributed by atoms with van der Waals surface area (Å²) in [7, 11) is -3.08. The van der Waals surface area contributed by atoms with E-state index in [1.165, 1.54) is 18.4 Å². The standard InChI is InChI=1S/C24H28N4O3S2/c1-16-22-19(24(29)25-11-9-17-6-3-2-4-7-17)14-20(21-8-5-12-32-21)26-23(22)28(27-16)18-10-13-33(30,31)15-18/h5-6,8,12,14,18H,2-4,7,9-11,13,15H2,1H3,(H,25,29). The van der Waals surface area contributed by atoms with Gasteiger partial charge in [-0.25, -0.2) is 18.1 Å². The van der Waals surface area contributed by atoms with E-state index in [4.69, 9.17) is 4.98 Å². The Morgan fingerprint density at radius 2 is 2.21 bits per heavy atom. The number of nitrogens with zero attached hydrogens (tertiary/aromatic N) is 3. The summed E-state index contributed by atoms with van der Waals surface area (Å²) >= 11 is 1.56. The lowest BCUT2D eigenvalue weighted by Gasteiger charge is -2.14. The van der Waals surface area contributed by atoms with Gasteiger partial charge in [-0.3, -0.25) is 4.79 Å². The van der Waals surface area contributed by atoms with Crippen molar-refractivity contribution in [2.75, 3.05) is 18.1 Å². The summed E-state index contributed by atoms with van der Waals surface area (Å²) in [5.41, 5.74) is 3.96. The second-order valence-corrected chi connectivity index (χ2v) is 12.1. The summed E-state index contributed by atoms with van der Waals surface area (Å²) < 4.78 is 25.9. The zero-order chi connectivity index (χ0) is 23.0. The van der Waals surface area contributed by atoms with Crippen LogP contribution in [0, 0.1) is 6.92 Å². The molecule has 5 rings (SSSR count). The van der Waals surface area contributed by atoms with Crippen molar-refractivity contribution in [2.24, 2.45) is 0 Å². The fourth-order valence-electron chi connectivity index (χ4n) is 4.83. The molecule has 1 fully saturated rings. The van der Waals surface area contributed by atoms with Crippen LogP contribution in [0.15, 0.2) is 35.2 Å². The highest BCUT2D eigenvalue weighted by Crippen LogP contribution is 2.33. The van der Waals surface area contributed by atoms with Gasteiger partial charge in [0.2, 0.25) is 0 Å². The van der Waals surface area contributed by atoms with E-state index >= 15 is 0 Å². The zero-order valence-electron chi connectivity index (χ0n) is 18.7. The average Bonchev–Trinajstić information content (AvgIpc) is 3.53. The lowest BCUT2D eigenvalue weighted by molar-refractivity contribution is 0.0955. The number of aryl methyl sites for hydroxylation is 1. The predicted molar refractivity (Wildman–Crippen MR) is 131 cm³/mol. The molecule has 33 heavy (non-hydrogen) atoms. The molecule has 0 radical (unpaired) electrons. The Balaban J connectivity index is 1.51. The van der Waals surface area contributed by atoms with Crippen molar-refractivity contribution in [1.82, 2.24) is 20.1 Å². The highest BCUT2D eigenvalue weighted by molar-refractivity contribution is 7.91. The minimum absolute atomic E-state index is 0.0603. The Bertz CT molecular complexity index is 1320. The molecule has 4 heterocycles. The van der Waals surface area contributed by atoms with Gasteiger partial charge in [0.05, 0.1) is 44.8 Å². The number of amides is 1. The number of hydrogen-bond acceptors (Lipinski definition) is 6. The van der Waals surface area contributed by atoms with Crippen molar-refractivity contribution >= 4 is 38.1 Å². The number of allylic oxidation sites excluding steroid dienone is 1. The van der Waals surface area contributed by atoms with Crippen LogP contribution in [0.2, 0.25) is 0 Å². The molecule has 1 atom stereocenters. The van der Waals surface area contributed by atoms with Gasteiger partial charge in [0.25, 0.3) is 5.91 Å². The van der Waals surface area contributed by atoms with E-state index in [0.717, 1.165) is 24.1 Å². The lowest BCUT2D eigenvalue weighted by atomic mass is 9.97. The molecule has 3 aromatic heterocycles. The van der Waals surface area contributed by atoms with Crippen LogP contribution in [0.4, 0.5) is 0 Å². The summed E-state index contributed by atoms with van der Waals surface area (Å²) in [6.45, 7) is 2.45. The van der Waals surface area contributed by atoms with Gasteiger partial charge in [-0.15, -0.1) is 11.3 Å². The van der Waals surface area contributed by atoms with Gasteiger partial charge in [-0.1, -0.05) is 17.7 Å². The maximum atomic E-state index is 13.3. The summed E-state index contributed by atoms with van der Waals surface area (Å²) in [6.07, 6.45) is 8.42. The third-order valence-electron chi connectivity index (χ3n) is 6.53. The van der Waals surface area contributed by atoms with Crippen molar-refractivity contribution < 1.29 is 13.2 Å². The van der Waals surface area contributed by atoms with Crippen LogP contribution >= 0.6 is 11.3 Å². The van der Waals surface area contributed by atoms with Gasteiger partial charge in [0, 0.05) is 6.54 Å². The van der Waals surface area contributed by atoms with Crippen molar-refractivity contribution in [1.29, 1.82) is 0 Å². The van der Waals surface area contributed by atoms with Crippen molar-refractivity contribution in [3.63, 3.8) is 0 Å². The van der Waals surface area contributed by atoms with Gasteiger partial charge in [0.1, 0.15) is 0 Å². The van der Waals surface area contributed by atoms with E-state index in [0.29, 0.717) is 41.0 Å². The fourth-order valence-corrected chi connectivity index (χ4v) is 7.21. The lowest BCUT2D eigenvalue weighted by Crippen LogP contribution is -2.25. The predicted octanol–water partition coefficient (Wildman–Crippen LogP) is 4.45. The number of hydrogen-bond donors (Lipinski definition) is 1. The Hall–Kier alpha value is -2.52. The number of carbonyl (C=O) groups excluding carboxylic acids is 1. The number of fused-ring (bicyclic) bond motifs is 1. The Morgan fingerprint density at radius 3 is 2.91 bits per heavy atom. The number of carbonyl (C=O) groups is 1. The SMILES string of the molecule is Cc1nn(C2CCS(=O)(=O)C2)c2nc(-c3cccs3)cc(C(=O)NCCC3=CCCCC3)c12. The molecule has 2 aliphatic rings. The molecule has 7 nitrogen and oxygen atoms in total. The van der Waals surface area contributed by atoms with Crippen LogP contribution in [0.1, 0.15) is 60.6 Å². The maximum absolute atomic E-state index is 13.3. The Labute approximate surface area is 197 Å². The number of aromatic nitrogens is 3. The van der Waals surface area contributed by atoms with E-state index in [-0.39, 0.29) is 23.5 Å². The number of sulfone groups is 1. The highest BCUT2D eigenvalue weighted by Gasteiger charge is 2.32. The number of pyridine rings is 1. The van der Waals surface area contributed by atoms with Crippen LogP contribution in [-0.4, -0.2) is 47.1 Å². The first-order valence-electron chi connectivity index (χ1n) is 11.5. The van der Waals surface area contributed by atoms with Crippen LogP contribution < -0.4 is 5.32 Å². The maximum Gasteiger partial charge on any atom is 0.252 e. The van der Waals surface area contributed by atoms with Crippen molar-refractivity contribution in [3.8, 4) is 10.6 Å². The van der Waals surface area contributed by atoms with Crippen molar-refractivity contribution in [2.45, 2.75) is 51.5 Å². The first-order valence-corrected chi connectivity index (χ1v) is 14.2. The van der Waals surface area contributed by atoms with E-state index in [1.54, 1.807) is 16.0 Å². The largest absolute Gasteiger partial charge is 0.352 e. The monoisotopic (exact) mass is 484 g/mol. The molecule has 1 unspecified atom stereocenters. The molecule has 0 aromatic carbocycles. The number of rotatable bonds is 6. The first kappa shape index (κ1) is 22.3. The Kier molecular flexibility index (Phi) is 6.09. The van der Waals surface area contributed by atoms with Crippen molar-refractivity contribution in [3.05, 3.63) is 46.5 Å². The third kappa shape index (κ3) is 4.61. The minimum atomic E-state index is -3.08. The van der Waals surface area contributed by atoms with Gasteiger partial charge < -0.3 is 5.32 Å². The van der Waals surface area contributed by atoms with Crippen LogP contribution in [-0.2, 0) is 9.84 Å². The topological polar surface area (TPSA) is 93.9 Å². The summed E-state index contributed by atoms with van der Waals surface area (Å²) in [4.78, 5) is 19.1. The molecule has 9 heteroatoms. The average molecular weight is 485 g/mol. The van der Waals surface area contributed by atoms with Gasteiger partial charge in [-0.2, -0.15) is 5.10 Å². The van der Waals surface area contributed by atoms with Crippen LogP contribution in [0.25, 0.3) is 21.6 Å². The fraction of sp³-hybridized carbons (Fsp3) is 0.458. The molecular weight excluding hydrogens is 456 g/mol. The van der Waals surface area contributed by atoms with E-state index in [2.05, 4.69) is 16.5 Å². The zero-order valence-corrected chi connectivity index (χ0v) is 20.3. The summed E-state index contributed by atoms with van der Waals surface area (Å²) in [6, 6.07) is 5.51. The third-order valence-corrected chi connectivity index (χ3v) is 9.17. The molecule has 1 saturated heterocycles. The second-order valence-electron chi connectivity index (χ2n) is 8.93. The Morgan fingerprint density at radius 1 is 1.33 bits per heavy atom. The van der Waals surface area contributed by atoms with E-state index in [1.807, 2.05) is 30.5 Å². The molecule has 1 amide bonds. The molecule has 0 spiro atoms.